The van der Waals surface area contributed by atoms with E-state index in [-0.39, 0.29) is 24.7 Å². The lowest BCUT2D eigenvalue weighted by Gasteiger charge is -2.33. The van der Waals surface area contributed by atoms with Gasteiger partial charge in [0.1, 0.15) is 6.61 Å². The van der Waals surface area contributed by atoms with Crippen molar-refractivity contribution in [1.29, 1.82) is 0 Å². The van der Waals surface area contributed by atoms with E-state index in [1.54, 1.807) is 4.90 Å². The fourth-order valence-electron chi connectivity index (χ4n) is 1.66. The number of carbonyl (C=O) groups excluding carboxylic acids is 1. The highest BCUT2D eigenvalue weighted by atomic mass is 16.5. The molecule has 0 aromatic heterocycles. The maximum absolute atomic E-state index is 11.1. The van der Waals surface area contributed by atoms with Crippen LogP contribution >= 0.6 is 0 Å². The Hall–Kier alpha value is -0.610. The van der Waals surface area contributed by atoms with Crippen LogP contribution in [0.1, 0.15) is 0 Å². The van der Waals surface area contributed by atoms with Crippen LogP contribution in [0.2, 0.25) is 0 Å². The molecule has 62 valence electrons. The molecule has 2 aliphatic rings. The quantitative estimate of drug-likeness (QED) is 0.480. The van der Waals surface area contributed by atoms with E-state index in [0.29, 0.717) is 0 Å². The Morgan fingerprint density at radius 1 is 1.64 bits per heavy atom. The topological polar surface area (TPSA) is 41.6 Å². The van der Waals surface area contributed by atoms with E-state index in [9.17, 15) is 4.79 Å². The van der Waals surface area contributed by atoms with Gasteiger partial charge in [-0.3, -0.25) is 4.79 Å². The number of hydrogen-bond donors (Lipinski definition) is 1. The average Bonchev–Trinajstić information content (AvgIpc) is 2.45. The molecular weight excluding hydrogens is 144 g/mol. The molecule has 2 rings (SSSR count). The van der Waals surface area contributed by atoms with Gasteiger partial charge in [-0.2, -0.15) is 0 Å². The van der Waals surface area contributed by atoms with Crippen LogP contribution in [0.5, 0.6) is 0 Å². The summed E-state index contributed by atoms with van der Waals surface area (Å²) in [5.74, 6) is 0.0925. The first kappa shape index (κ1) is 7.06. The molecule has 2 unspecified atom stereocenters. The molecule has 0 saturated carbocycles. The molecule has 0 spiro atoms. The van der Waals surface area contributed by atoms with E-state index in [1.165, 1.54) is 0 Å². The summed E-state index contributed by atoms with van der Waals surface area (Å²) in [6.07, 6.45) is 0.220. The molecule has 11 heavy (non-hydrogen) atoms. The summed E-state index contributed by atoms with van der Waals surface area (Å²) >= 11 is 0. The standard InChI is InChI=1S/C7H12N2O2/c1-9-5-2-8-3-6(5)11-4-7(9)10/h5-6,8H,2-4H2,1H3. The Morgan fingerprint density at radius 3 is 3.27 bits per heavy atom. The molecule has 0 bridgehead atoms. The summed E-state index contributed by atoms with van der Waals surface area (Å²) in [4.78, 5) is 12.9. The van der Waals surface area contributed by atoms with Crippen LogP contribution in [0, 0.1) is 0 Å². The van der Waals surface area contributed by atoms with E-state index in [4.69, 9.17) is 4.74 Å². The Balaban J connectivity index is 2.11. The van der Waals surface area contributed by atoms with Crippen LogP contribution in [0.3, 0.4) is 0 Å². The summed E-state index contributed by atoms with van der Waals surface area (Å²) in [6.45, 7) is 1.99. The Morgan fingerprint density at radius 2 is 2.45 bits per heavy atom. The van der Waals surface area contributed by atoms with Crippen molar-refractivity contribution in [2.24, 2.45) is 0 Å². The molecule has 0 aliphatic carbocycles. The van der Waals surface area contributed by atoms with Gasteiger partial charge in [-0.1, -0.05) is 0 Å². The third kappa shape index (κ3) is 1.02. The highest BCUT2D eigenvalue weighted by Crippen LogP contribution is 2.15. The number of likely N-dealkylation sites (N-methyl/N-ethyl adjacent to an activating group) is 1. The molecule has 2 atom stereocenters. The molecule has 4 heteroatoms. The maximum atomic E-state index is 11.1. The zero-order valence-corrected chi connectivity index (χ0v) is 6.54. The SMILES string of the molecule is CN1C(=O)COC2CNCC21. The third-order valence-electron chi connectivity index (χ3n) is 2.44. The van der Waals surface area contributed by atoms with Gasteiger partial charge in [0.05, 0.1) is 12.1 Å². The van der Waals surface area contributed by atoms with Gasteiger partial charge in [-0.25, -0.2) is 0 Å². The van der Waals surface area contributed by atoms with Crippen molar-refractivity contribution in [1.82, 2.24) is 10.2 Å². The van der Waals surface area contributed by atoms with E-state index in [2.05, 4.69) is 5.32 Å². The first-order valence-corrected chi connectivity index (χ1v) is 3.87. The monoisotopic (exact) mass is 156 g/mol. The zero-order chi connectivity index (χ0) is 7.84. The van der Waals surface area contributed by atoms with Gasteiger partial charge in [-0.15, -0.1) is 0 Å². The lowest BCUT2D eigenvalue weighted by molar-refractivity contribution is -0.150. The van der Waals surface area contributed by atoms with Crippen molar-refractivity contribution in [3.05, 3.63) is 0 Å². The second-order valence-electron chi connectivity index (χ2n) is 3.08. The fraction of sp³-hybridized carbons (Fsp3) is 0.857. The largest absolute Gasteiger partial charge is 0.365 e. The summed E-state index contributed by atoms with van der Waals surface area (Å²) in [5.41, 5.74) is 0. The van der Waals surface area contributed by atoms with Crippen molar-refractivity contribution in [3.63, 3.8) is 0 Å². The normalized spacial score (nSPS) is 37.5. The Kier molecular flexibility index (Phi) is 1.58. The number of rotatable bonds is 0. The van der Waals surface area contributed by atoms with E-state index in [1.807, 2.05) is 7.05 Å². The molecule has 2 aliphatic heterocycles. The van der Waals surface area contributed by atoms with Gasteiger partial charge in [0.15, 0.2) is 0 Å². The van der Waals surface area contributed by atoms with Crippen LogP contribution in [-0.2, 0) is 9.53 Å². The molecule has 1 amide bonds. The maximum Gasteiger partial charge on any atom is 0.248 e. The van der Waals surface area contributed by atoms with E-state index < -0.39 is 0 Å². The van der Waals surface area contributed by atoms with Gasteiger partial charge < -0.3 is 15.0 Å². The third-order valence-corrected chi connectivity index (χ3v) is 2.44. The second kappa shape index (κ2) is 2.46. The highest BCUT2D eigenvalue weighted by molar-refractivity contribution is 5.78. The van der Waals surface area contributed by atoms with Gasteiger partial charge in [0, 0.05) is 20.1 Å². The van der Waals surface area contributed by atoms with Crippen molar-refractivity contribution >= 4 is 5.91 Å². The van der Waals surface area contributed by atoms with Crippen LogP contribution in [0.4, 0.5) is 0 Å². The van der Waals surface area contributed by atoms with Crippen LogP contribution < -0.4 is 5.32 Å². The number of hydrogen-bond acceptors (Lipinski definition) is 3. The molecule has 2 fully saturated rings. The number of carbonyl (C=O) groups is 1. The number of morpholine rings is 1. The number of nitrogens with one attached hydrogen (secondary N) is 1. The Labute approximate surface area is 65.5 Å². The van der Waals surface area contributed by atoms with E-state index >= 15 is 0 Å². The van der Waals surface area contributed by atoms with Gasteiger partial charge in [-0.05, 0) is 0 Å². The number of fused-ring (bicyclic) bond motifs is 1. The summed E-state index contributed by atoms with van der Waals surface area (Å²) in [5, 5.41) is 3.20. The predicted molar refractivity (Wildman–Crippen MR) is 39.2 cm³/mol. The zero-order valence-electron chi connectivity index (χ0n) is 6.54. The van der Waals surface area contributed by atoms with Crippen LogP contribution in [0.25, 0.3) is 0 Å². The van der Waals surface area contributed by atoms with Crippen molar-refractivity contribution in [2.75, 3.05) is 26.7 Å². The first-order valence-electron chi connectivity index (χ1n) is 3.87. The van der Waals surface area contributed by atoms with Crippen LogP contribution in [0.15, 0.2) is 0 Å². The molecule has 2 saturated heterocycles. The lowest BCUT2D eigenvalue weighted by Crippen LogP contribution is -2.51. The van der Waals surface area contributed by atoms with E-state index in [0.717, 1.165) is 13.1 Å². The first-order chi connectivity index (χ1) is 5.29. The Bertz CT molecular complexity index is 183. The number of ether oxygens (including phenoxy) is 1. The molecule has 0 aromatic carbocycles. The average molecular weight is 156 g/mol. The molecule has 0 radical (unpaired) electrons. The van der Waals surface area contributed by atoms with Gasteiger partial charge in [0.2, 0.25) is 5.91 Å². The van der Waals surface area contributed by atoms with Gasteiger partial charge >= 0.3 is 0 Å². The molecular formula is C7H12N2O2. The summed E-state index contributed by atoms with van der Waals surface area (Å²) in [7, 11) is 1.84. The van der Waals surface area contributed by atoms with Crippen molar-refractivity contribution in [3.8, 4) is 0 Å². The second-order valence-corrected chi connectivity index (χ2v) is 3.08. The smallest absolute Gasteiger partial charge is 0.248 e. The highest BCUT2D eigenvalue weighted by Gasteiger charge is 2.37. The minimum absolute atomic E-state index is 0.0925. The number of nitrogens with zero attached hydrogens (tertiary/aromatic N) is 1. The minimum Gasteiger partial charge on any atom is -0.365 e. The molecule has 1 N–H and O–H groups in total. The van der Waals surface area contributed by atoms with Gasteiger partial charge in [0.25, 0.3) is 0 Å². The lowest BCUT2D eigenvalue weighted by atomic mass is 10.1. The summed E-state index contributed by atoms with van der Waals surface area (Å²) in [6, 6.07) is 0.260. The summed E-state index contributed by atoms with van der Waals surface area (Å²) < 4.78 is 5.33. The minimum atomic E-state index is 0.0925. The van der Waals surface area contributed by atoms with Crippen LogP contribution in [-0.4, -0.2) is 49.7 Å². The molecule has 0 aromatic rings. The fourth-order valence-corrected chi connectivity index (χ4v) is 1.66. The predicted octanol–water partition coefficient (Wildman–Crippen LogP) is -1.18. The van der Waals surface area contributed by atoms with Crippen molar-refractivity contribution < 1.29 is 9.53 Å². The molecule has 2 heterocycles. The van der Waals surface area contributed by atoms with Crippen molar-refractivity contribution in [2.45, 2.75) is 12.1 Å². The molecule has 4 nitrogen and oxygen atoms in total. The number of amides is 1.